The Labute approximate surface area is 85.3 Å². The van der Waals surface area contributed by atoms with Gasteiger partial charge in [0.25, 0.3) is 0 Å². The molecule has 3 heteroatoms. The van der Waals surface area contributed by atoms with Gasteiger partial charge in [-0.3, -0.25) is 0 Å². The zero-order chi connectivity index (χ0) is 10.1. The van der Waals surface area contributed by atoms with Gasteiger partial charge in [0.2, 0.25) is 0 Å². The lowest BCUT2D eigenvalue weighted by molar-refractivity contribution is 0.455. The number of hydrogen-bond donors (Lipinski definition) is 1. The molecule has 1 fully saturated rings. The van der Waals surface area contributed by atoms with E-state index in [1.54, 1.807) is 0 Å². The molecule has 1 saturated carbocycles. The number of nitrogens with zero attached hydrogens (tertiary/aromatic N) is 2. The van der Waals surface area contributed by atoms with Crippen LogP contribution in [0.2, 0.25) is 0 Å². The average Bonchev–Trinajstić information content (AvgIpc) is 2.81. The maximum absolute atomic E-state index is 5.88. The number of imidazole rings is 1. The molecule has 0 radical (unpaired) electrons. The van der Waals surface area contributed by atoms with Gasteiger partial charge in [-0.05, 0) is 26.2 Å². The predicted octanol–water partition coefficient (Wildman–Crippen LogP) is 2.26. The van der Waals surface area contributed by atoms with Crippen molar-refractivity contribution in [2.24, 2.45) is 11.7 Å². The molecular formula is C11H19N3. The number of aromatic nitrogens is 2. The highest BCUT2D eigenvalue weighted by Gasteiger charge is 2.25. The normalized spacial score (nSPS) is 20.8. The summed E-state index contributed by atoms with van der Waals surface area (Å²) in [6.45, 7) is 4.27. The minimum absolute atomic E-state index is 0.0825. The Morgan fingerprint density at radius 2 is 2.29 bits per heavy atom. The molecule has 14 heavy (non-hydrogen) atoms. The van der Waals surface area contributed by atoms with E-state index in [4.69, 9.17) is 5.73 Å². The van der Waals surface area contributed by atoms with E-state index in [9.17, 15) is 0 Å². The lowest BCUT2D eigenvalue weighted by atomic mass is 10.1. The standard InChI is InChI=1S/C11H19N3/c1-8(5-10-3-4-10)14-7-13-6-11(14)9(2)12/h6-10H,3-5,12H2,1-2H3/t8?,9-/m0/s1. The van der Waals surface area contributed by atoms with Gasteiger partial charge in [-0.2, -0.15) is 0 Å². The maximum Gasteiger partial charge on any atom is 0.0951 e. The highest BCUT2D eigenvalue weighted by molar-refractivity contribution is 5.04. The Morgan fingerprint density at radius 1 is 1.57 bits per heavy atom. The van der Waals surface area contributed by atoms with Crippen LogP contribution in [0.15, 0.2) is 12.5 Å². The molecule has 0 spiro atoms. The van der Waals surface area contributed by atoms with Crippen LogP contribution in [0.25, 0.3) is 0 Å². The number of hydrogen-bond acceptors (Lipinski definition) is 2. The zero-order valence-electron chi connectivity index (χ0n) is 8.98. The minimum Gasteiger partial charge on any atom is -0.330 e. The molecule has 2 rings (SSSR count). The van der Waals surface area contributed by atoms with Crippen LogP contribution in [0, 0.1) is 5.92 Å². The molecule has 1 aliphatic rings. The molecule has 78 valence electrons. The molecule has 1 aromatic rings. The van der Waals surface area contributed by atoms with Gasteiger partial charge >= 0.3 is 0 Å². The van der Waals surface area contributed by atoms with Gasteiger partial charge in [0.1, 0.15) is 0 Å². The second kappa shape index (κ2) is 3.73. The third-order valence-electron chi connectivity index (χ3n) is 3.01. The highest BCUT2D eigenvalue weighted by Crippen LogP contribution is 2.37. The molecule has 0 aliphatic heterocycles. The van der Waals surface area contributed by atoms with E-state index in [0.29, 0.717) is 6.04 Å². The first kappa shape index (κ1) is 9.71. The molecule has 1 aromatic heterocycles. The molecule has 1 unspecified atom stereocenters. The van der Waals surface area contributed by atoms with Crippen molar-refractivity contribution in [2.75, 3.05) is 0 Å². The Hall–Kier alpha value is -0.830. The van der Waals surface area contributed by atoms with Crippen molar-refractivity contribution in [2.45, 2.75) is 45.2 Å². The lowest BCUT2D eigenvalue weighted by Crippen LogP contribution is -2.15. The molecule has 2 N–H and O–H groups in total. The average molecular weight is 193 g/mol. The van der Waals surface area contributed by atoms with Gasteiger partial charge in [-0.25, -0.2) is 4.98 Å². The van der Waals surface area contributed by atoms with Crippen molar-refractivity contribution in [3.05, 3.63) is 18.2 Å². The van der Waals surface area contributed by atoms with Crippen molar-refractivity contribution in [3.8, 4) is 0 Å². The predicted molar refractivity (Wildman–Crippen MR) is 56.9 cm³/mol. The summed E-state index contributed by atoms with van der Waals surface area (Å²) in [5.74, 6) is 0.952. The molecule has 0 aromatic carbocycles. The molecule has 3 nitrogen and oxygen atoms in total. The van der Waals surface area contributed by atoms with Crippen LogP contribution >= 0.6 is 0 Å². The molecule has 2 atom stereocenters. The van der Waals surface area contributed by atoms with Crippen molar-refractivity contribution < 1.29 is 0 Å². The first-order valence-electron chi connectivity index (χ1n) is 5.45. The molecule has 0 amide bonds. The van der Waals surface area contributed by atoms with Gasteiger partial charge in [0.05, 0.1) is 12.0 Å². The van der Waals surface area contributed by atoms with Crippen LogP contribution in [-0.2, 0) is 0 Å². The monoisotopic (exact) mass is 193 g/mol. The number of nitrogens with two attached hydrogens (primary N) is 1. The van der Waals surface area contributed by atoms with Gasteiger partial charge in [-0.1, -0.05) is 12.8 Å². The third-order valence-corrected chi connectivity index (χ3v) is 3.01. The summed E-state index contributed by atoms with van der Waals surface area (Å²) >= 11 is 0. The van der Waals surface area contributed by atoms with Crippen molar-refractivity contribution in [3.63, 3.8) is 0 Å². The SMILES string of the molecule is CC(CC1CC1)n1cncc1[C@H](C)N. The second-order valence-corrected chi connectivity index (χ2v) is 4.54. The Morgan fingerprint density at radius 3 is 2.86 bits per heavy atom. The number of rotatable bonds is 4. The first-order chi connectivity index (χ1) is 6.68. The summed E-state index contributed by atoms with van der Waals surface area (Å²) in [5.41, 5.74) is 7.03. The molecule has 1 heterocycles. The third kappa shape index (κ3) is 1.98. The van der Waals surface area contributed by atoms with E-state index in [2.05, 4.69) is 16.5 Å². The lowest BCUT2D eigenvalue weighted by Gasteiger charge is -2.17. The van der Waals surface area contributed by atoms with E-state index < -0.39 is 0 Å². The largest absolute Gasteiger partial charge is 0.330 e. The van der Waals surface area contributed by atoms with E-state index in [1.165, 1.54) is 19.3 Å². The van der Waals surface area contributed by atoms with Gasteiger partial charge in [0.15, 0.2) is 0 Å². The van der Waals surface area contributed by atoms with Crippen LogP contribution in [0.3, 0.4) is 0 Å². The van der Waals surface area contributed by atoms with E-state index >= 15 is 0 Å². The molecular weight excluding hydrogens is 174 g/mol. The van der Waals surface area contributed by atoms with Gasteiger partial charge in [0, 0.05) is 18.3 Å². The quantitative estimate of drug-likeness (QED) is 0.797. The summed E-state index contributed by atoms with van der Waals surface area (Å²) in [6, 6.07) is 0.630. The summed E-state index contributed by atoms with van der Waals surface area (Å²) in [5, 5.41) is 0. The molecule has 0 bridgehead atoms. The minimum atomic E-state index is 0.0825. The fourth-order valence-electron chi connectivity index (χ4n) is 1.99. The first-order valence-corrected chi connectivity index (χ1v) is 5.45. The summed E-state index contributed by atoms with van der Waals surface area (Å²) < 4.78 is 2.23. The smallest absolute Gasteiger partial charge is 0.0951 e. The van der Waals surface area contributed by atoms with Crippen LogP contribution < -0.4 is 5.73 Å². The topological polar surface area (TPSA) is 43.8 Å². The summed E-state index contributed by atoms with van der Waals surface area (Å²) in [6.07, 6.45) is 7.88. The van der Waals surface area contributed by atoms with Gasteiger partial charge in [-0.15, -0.1) is 0 Å². The van der Waals surface area contributed by atoms with Crippen molar-refractivity contribution >= 4 is 0 Å². The fourth-order valence-corrected chi connectivity index (χ4v) is 1.99. The Balaban J connectivity index is 2.08. The Kier molecular flexibility index (Phi) is 2.59. The van der Waals surface area contributed by atoms with E-state index in [1.807, 2.05) is 19.4 Å². The summed E-state index contributed by atoms with van der Waals surface area (Å²) in [7, 11) is 0. The van der Waals surface area contributed by atoms with E-state index in [0.717, 1.165) is 11.6 Å². The molecule has 1 aliphatic carbocycles. The Bertz CT molecular complexity index is 299. The van der Waals surface area contributed by atoms with Crippen LogP contribution in [0.1, 0.15) is 50.9 Å². The van der Waals surface area contributed by atoms with Crippen LogP contribution in [0.4, 0.5) is 0 Å². The zero-order valence-corrected chi connectivity index (χ0v) is 8.98. The van der Waals surface area contributed by atoms with Crippen molar-refractivity contribution in [1.82, 2.24) is 9.55 Å². The highest BCUT2D eigenvalue weighted by atomic mass is 15.1. The van der Waals surface area contributed by atoms with Gasteiger partial charge < -0.3 is 10.3 Å². The van der Waals surface area contributed by atoms with Crippen LogP contribution in [-0.4, -0.2) is 9.55 Å². The van der Waals surface area contributed by atoms with E-state index in [-0.39, 0.29) is 6.04 Å². The van der Waals surface area contributed by atoms with Crippen molar-refractivity contribution in [1.29, 1.82) is 0 Å². The summed E-state index contributed by atoms with van der Waals surface area (Å²) in [4.78, 5) is 4.18. The maximum atomic E-state index is 5.88. The second-order valence-electron chi connectivity index (χ2n) is 4.54. The molecule has 0 saturated heterocycles. The van der Waals surface area contributed by atoms with Crippen LogP contribution in [0.5, 0.6) is 0 Å². The fraction of sp³-hybridized carbons (Fsp3) is 0.727.